The van der Waals surface area contributed by atoms with E-state index in [1.807, 2.05) is 6.20 Å². The van der Waals surface area contributed by atoms with Gasteiger partial charge in [0.25, 0.3) is 0 Å². The first-order valence-corrected chi connectivity index (χ1v) is 6.66. The van der Waals surface area contributed by atoms with E-state index in [9.17, 15) is 0 Å². The van der Waals surface area contributed by atoms with Crippen LogP contribution in [0.4, 0.5) is 5.82 Å². The molecule has 0 aliphatic heterocycles. The molecule has 96 valence electrons. The highest BCUT2D eigenvalue weighted by molar-refractivity contribution is 5.92. The molecule has 3 heteroatoms. The Kier molecular flexibility index (Phi) is 4.53. The van der Waals surface area contributed by atoms with Gasteiger partial charge in [-0.2, -0.15) is 0 Å². The summed E-state index contributed by atoms with van der Waals surface area (Å²) in [7, 11) is 0. The Morgan fingerprint density at radius 3 is 2.78 bits per heavy atom. The van der Waals surface area contributed by atoms with Crippen LogP contribution in [-0.2, 0) is 0 Å². The molecule has 0 atom stereocenters. The van der Waals surface area contributed by atoms with E-state index in [1.165, 1.54) is 10.8 Å². The predicted molar refractivity (Wildman–Crippen MR) is 78.2 cm³/mol. The minimum absolute atomic E-state index is 0.979. The number of hydrogen-bond donors (Lipinski definition) is 1. The molecule has 0 saturated carbocycles. The molecule has 0 saturated heterocycles. The van der Waals surface area contributed by atoms with Gasteiger partial charge in [0.2, 0.25) is 0 Å². The lowest BCUT2D eigenvalue weighted by atomic mass is 10.1. The number of aromatic nitrogens is 1. The number of pyridine rings is 1. The molecule has 2 aromatic rings. The van der Waals surface area contributed by atoms with Crippen molar-refractivity contribution in [3.8, 4) is 0 Å². The van der Waals surface area contributed by atoms with Gasteiger partial charge < -0.3 is 10.2 Å². The highest BCUT2D eigenvalue weighted by Gasteiger charge is 2.08. The van der Waals surface area contributed by atoms with Crippen molar-refractivity contribution in [1.82, 2.24) is 10.3 Å². The first kappa shape index (κ1) is 12.8. The van der Waals surface area contributed by atoms with Gasteiger partial charge in [0.15, 0.2) is 0 Å². The fourth-order valence-electron chi connectivity index (χ4n) is 2.16. The van der Waals surface area contributed by atoms with Crippen LogP contribution in [0.25, 0.3) is 10.8 Å². The third-order valence-corrected chi connectivity index (χ3v) is 3.14. The van der Waals surface area contributed by atoms with Crippen LogP contribution in [0.1, 0.15) is 13.8 Å². The van der Waals surface area contributed by atoms with Crippen molar-refractivity contribution in [2.75, 3.05) is 31.1 Å². The molecule has 18 heavy (non-hydrogen) atoms. The minimum atomic E-state index is 0.979. The van der Waals surface area contributed by atoms with Gasteiger partial charge in [0.05, 0.1) is 0 Å². The van der Waals surface area contributed by atoms with Crippen LogP contribution in [0.3, 0.4) is 0 Å². The van der Waals surface area contributed by atoms with Crippen LogP contribution in [0.15, 0.2) is 36.5 Å². The number of nitrogens with one attached hydrogen (secondary N) is 1. The van der Waals surface area contributed by atoms with Gasteiger partial charge in [-0.3, -0.25) is 0 Å². The van der Waals surface area contributed by atoms with Crippen molar-refractivity contribution in [3.63, 3.8) is 0 Å². The summed E-state index contributed by atoms with van der Waals surface area (Å²) in [5, 5.41) is 5.85. The number of benzene rings is 1. The van der Waals surface area contributed by atoms with Gasteiger partial charge in [0, 0.05) is 31.2 Å². The Morgan fingerprint density at radius 2 is 2.00 bits per heavy atom. The maximum atomic E-state index is 4.55. The van der Waals surface area contributed by atoms with Crippen LogP contribution in [0.2, 0.25) is 0 Å². The second-order valence-corrected chi connectivity index (χ2v) is 4.29. The summed E-state index contributed by atoms with van der Waals surface area (Å²) in [5.41, 5.74) is 0. The lowest BCUT2D eigenvalue weighted by Crippen LogP contribution is -2.32. The highest BCUT2D eigenvalue weighted by Crippen LogP contribution is 2.23. The van der Waals surface area contributed by atoms with E-state index >= 15 is 0 Å². The number of fused-ring (bicyclic) bond motifs is 1. The van der Waals surface area contributed by atoms with E-state index in [0.29, 0.717) is 0 Å². The average molecular weight is 243 g/mol. The predicted octanol–water partition coefficient (Wildman–Crippen LogP) is 2.67. The number of nitrogens with zero attached hydrogens (tertiary/aromatic N) is 2. The van der Waals surface area contributed by atoms with Crippen LogP contribution >= 0.6 is 0 Å². The lowest BCUT2D eigenvalue weighted by Gasteiger charge is -2.23. The maximum absolute atomic E-state index is 4.55. The van der Waals surface area contributed by atoms with Crippen LogP contribution in [-0.4, -0.2) is 31.2 Å². The molecule has 1 aromatic heterocycles. The van der Waals surface area contributed by atoms with Gasteiger partial charge in [-0.1, -0.05) is 31.2 Å². The minimum Gasteiger partial charge on any atom is -0.355 e. The van der Waals surface area contributed by atoms with E-state index in [2.05, 4.69) is 59.4 Å². The smallest absolute Gasteiger partial charge is 0.136 e. The zero-order valence-electron chi connectivity index (χ0n) is 11.2. The molecule has 0 radical (unpaired) electrons. The zero-order valence-corrected chi connectivity index (χ0v) is 11.2. The molecule has 0 aliphatic rings. The fourth-order valence-corrected chi connectivity index (χ4v) is 2.16. The molecule has 1 aromatic carbocycles. The fraction of sp³-hybridized carbons (Fsp3) is 0.400. The SMILES string of the molecule is CCNCCN(CC)c1nccc2ccccc12. The summed E-state index contributed by atoms with van der Waals surface area (Å²) in [4.78, 5) is 6.88. The van der Waals surface area contributed by atoms with Crippen LogP contribution in [0.5, 0.6) is 0 Å². The molecule has 2 rings (SSSR count). The molecule has 3 nitrogen and oxygen atoms in total. The second kappa shape index (κ2) is 6.36. The Morgan fingerprint density at radius 1 is 1.17 bits per heavy atom. The monoisotopic (exact) mass is 243 g/mol. The van der Waals surface area contributed by atoms with E-state index < -0.39 is 0 Å². The summed E-state index contributed by atoms with van der Waals surface area (Å²) in [6.07, 6.45) is 1.90. The Hall–Kier alpha value is -1.61. The van der Waals surface area contributed by atoms with Crippen molar-refractivity contribution in [2.45, 2.75) is 13.8 Å². The van der Waals surface area contributed by atoms with Gasteiger partial charge in [-0.15, -0.1) is 0 Å². The van der Waals surface area contributed by atoms with Gasteiger partial charge in [-0.25, -0.2) is 4.98 Å². The number of rotatable bonds is 6. The molecule has 0 aliphatic carbocycles. The summed E-state index contributed by atoms with van der Waals surface area (Å²) in [6, 6.07) is 10.5. The van der Waals surface area contributed by atoms with Gasteiger partial charge >= 0.3 is 0 Å². The maximum Gasteiger partial charge on any atom is 0.136 e. The number of likely N-dealkylation sites (N-methyl/N-ethyl adjacent to an activating group) is 2. The number of hydrogen-bond acceptors (Lipinski definition) is 3. The summed E-state index contributed by atoms with van der Waals surface area (Å²) >= 11 is 0. The second-order valence-electron chi connectivity index (χ2n) is 4.29. The molecule has 0 amide bonds. The van der Waals surface area contributed by atoms with Crippen molar-refractivity contribution in [1.29, 1.82) is 0 Å². The zero-order chi connectivity index (χ0) is 12.8. The van der Waals surface area contributed by atoms with Crippen molar-refractivity contribution < 1.29 is 0 Å². The largest absolute Gasteiger partial charge is 0.355 e. The van der Waals surface area contributed by atoms with Crippen molar-refractivity contribution in [3.05, 3.63) is 36.5 Å². The molecule has 0 bridgehead atoms. The number of anilines is 1. The Labute approximate surface area is 109 Å². The molecule has 0 fully saturated rings. The molecular weight excluding hydrogens is 222 g/mol. The Bertz CT molecular complexity index is 491. The van der Waals surface area contributed by atoms with Crippen molar-refractivity contribution in [2.24, 2.45) is 0 Å². The van der Waals surface area contributed by atoms with Crippen LogP contribution < -0.4 is 10.2 Å². The average Bonchev–Trinajstić information content (AvgIpc) is 2.43. The van der Waals surface area contributed by atoms with E-state index in [0.717, 1.165) is 32.0 Å². The van der Waals surface area contributed by atoms with Crippen molar-refractivity contribution >= 4 is 16.6 Å². The molecule has 0 spiro atoms. The standard InChI is InChI=1S/C15H21N3/c1-3-16-11-12-18(4-2)15-14-8-6-5-7-13(14)9-10-17-15/h5-10,16H,3-4,11-12H2,1-2H3. The van der Waals surface area contributed by atoms with Gasteiger partial charge in [-0.05, 0) is 24.9 Å². The first-order chi connectivity index (χ1) is 8.86. The Balaban J connectivity index is 2.27. The third-order valence-electron chi connectivity index (χ3n) is 3.14. The van der Waals surface area contributed by atoms with E-state index in [4.69, 9.17) is 0 Å². The lowest BCUT2D eigenvalue weighted by molar-refractivity contribution is 0.685. The summed E-state index contributed by atoms with van der Waals surface area (Å²) < 4.78 is 0. The summed E-state index contributed by atoms with van der Waals surface area (Å²) in [6.45, 7) is 8.29. The molecular formula is C15H21N3. The van der Waals surface area contributed by atoms with Crippen LogP contribution in [0, 0.1) is 0 Å². The topological polar surface area (TPSA) is 28.2 Å². The van der Waals surface area contributed by atoms with E-state index in [1.54, 1.807) is 0 Å². The van der Waals surface area contributed by atoms with E-state index in [-0.39, 0.29) is 0 Å². The molecule has 1 N–H and O–H groups in total. The molecule has 0 unspecified atom stereocenters. The highest BCUT2D eigenvalue weighted by atomic mass is 15.2. The quantitative estimate of drug-likeness (QED) is 0.791. The van der Waals surface area contributed by atoms with Gasteiger partial charge in [0.1, 0.15) is 5.82 Å². The third kappa shape index (κ3) is 2.79. The first-order valence-electron chi connectivity index (χ1n) is 6.66. The summed E-state index contributed by atoms with van der Waals surface area (Å²) in [5.74, 6) is 1.09. The molecule has 1 heterocycles. The normalized spacial score (nSPS) is 10.8.